The van der Waals surface area contributed by atoms with Crippen molar-refractivity contribution < 1.29 is 17.9 Å². The van der Waals surface area contributed by atoms with Gasteiger partial charge in [-0.1, -0.05) is 17.7 Å². The number of aryl methyl sites for hydroxylation is 1. The molecule has 0 bridgehead atoms. The molecule has 0 unspecified atom stereocenters. The van der Waals surface area contributed by atoms with E-state index in [1.165, 1.54) is 33.3 Å². The first kappa shape index (κ1) is 22.4. The molecule has 1 heterocycles. The van der Waals surface area contributed by atoms with Crippen molar-refractivity contribution in [1.29, 1.82) is 0 Å². The molecule has 1 saturated heterocycles. The molecule has 1 aliphatic heterocycles. The Labute approximate surface area is 182 Å². The Bertz CT molecular complexity index is 1050. The van der Waals surface area contributed by atoms with Crippen LogP contribution in [0.1, 0.15) is 15.9 Å². The second-order valence-electron chi connectivity index (χ2n) is 7.36. The van der Waals surface area contributed by atoms with Crippen molar-refractivity contribution in [3.63, 3.8) is 0 Å². The predicted molar refractivity (Wildman–Crippen MR) is 118 cm³/mol. The van der Waals surface area contributed by atoms with E-state index < -0.39 is 10.0 Å². The minimum absolute atomic E-state index is 0.0194. The van der Waals surface area contributed by atoms with Gasteiger partial charge in [-0.2, -0.15) is 0 Å². The maximum absolute atomic E-state index is 13.0. The minimum atomic E-state index is -3.74. The first-order valence-corrected chi connectivity index (χ1v) is 11.4. The zero-order valence-electron chi connectivity index (χ0n) is 17.6. The number of sulfonamides is 1. The molecule has 1 fully saturated rings. The summed E-state index contributed by atoms with van der Waals surface area (Å²) in [6.07, 6.45) is 0. The molecule has 0 N–H and O–H groups in total. The maximum atomic E-state index is 13.0. The zero-order chi connectivity index (χ0) is 22.1. The molecule has 0 spiro atoms. The molecule has 0 saturated carbocycles. The van der Waals surface area contributed by atoms with Crippen LogP contribution in [0.15, 0.2) is 41.3 Å². The number of rotatable bonds is 5. The van der Waals surface area contributed by atoms with Crippen LogP contribution in [-0.2, 0) is 10.0 Å². The van der Waals surface area contributed by atoms with Gasteiger partial charge in [-0.15, -0.1) is 0 Å². The van der Waals surface area contributed by atoms with Crippen molar-refractivity contribution in [2.75, 3.05) is 52.3 Å². The van der Waals surface area contributed by atoms with Crippen LogP contribution in [0.3, 0.4) is 0 Å². The van der Waals surface area contributed by atoms with Crippen LogP contribution in [0, 0.1) is 6.92 Å². The average molecular weight is 452 g/mol. The lowest BCUT2D eigenvalue weighted by Crippen LogP contribution is -2.49. The third kappa shape index (κ3) is 4.40. The lowest BCUT2D eigenvalue weighted by atomic mass is 10.1. The van der Waals surface area contributed by atoms with E-state index in [-0.39, 0.29) is 16.6 Å². The van der Waals surface area contributed by atoms with E-state index in [4.69, 9.17) is 16.3 Å². The van der Waals surface area contributed by atoms with Crippen molar-refractivity contribution in [3.8, 4) is 5.75 Å². The highest BCUT2D eigenvalue weighted by Crippen LogP contribution is 2.28. The Hall–Kier alpha value is -2.29. The fourth-order valence-electron chi connectivity index (χ4n) is 3.46. The van der Waals surface area contributed by atoms with Crippen LogP contribution in [0.25, 0.3) is 0 Å². The Morgan fingerprint density at radius 2 is 1.73 bits per heavy atom. The number of halogens is 1. The number of methoxy groups -OCH3 is 1. The second kappa shape index (κ2) is 8.83. The highest BCUT2D eigenvalue weighted by atomic mass is 35.5. The molecule has 30 heavy (non-hydrogen) atoms. The van der Waals surface area contributed by atoms with Crippen LogP contribution in [0.2, 0.25) is 5.02 Å². The van der Waals surface area contributed by atoms with E-state index in [2.05, 4.69) is 4.90 Å². The average Bonchev–Trinajstić information content (AvgIpc) is 2.74. The van der Waals surface area contributed by atoms with Crippen LogP contribution in [0.4, 0.5) is 5.69 Å². The van der Waals surface area contributed by atoms with Crippen molar-refractivity contribution >= 4 is 33.2 Å². The van der Waals surface area contributed by atoms with E-state index in [1.54, 1.807) is 11.0 Å². The summed E-state index contributed by atoms with van der Waals surface area (Å²) < 4.78 is 31.6. The number of carbonyl (C=O) groups is 1. The van der Waals surface area contributed by atoms with Gasteiger partial charge in [-0.05, 0) is 42.8 Å². The largest absolute Gasteiger partial charge is 0.495 e. The van der Waals surface area contributed by atoms with E-state index >= 15 is 0 Å². The van der Waals surface area contributed by atoms with Gasteiger partial charge in [0.1, 0.15) is 10.6 Å². The molecular formula is C21H26ClN3O4S. The molecule has 0 aliphatic carbocycles. The van der Waals surface area contributed by atoms with Crippen molar-refractivity contribution in [2.45, 2.75) is 11.8 Å². The van der Waals surface area contributed by atoms with Crippen molar-refractivity contribution in [1.82, 2.24) is 9.21 Å². The van der Waals surface area contributed by atoms with E-state index in [1.807, 2.05) is 25.1 Å². The molecule has 2 aromatic rings. The van der Waals surface area contributed by atoms with Crippen LogP contribution >= 0.6 is 11.6 Å². The number of piperazine rings is 1. The molecular weight excluding hydrogens is 426 g/mol. The Kier molecular flexibility index (Phi) is 6.59. The Balaban J connectivity index is 1.79. The third-order valence-electron chi connectivity index (χ3n) is 5.25. The first-order chi connectivity index (χ1) is 14.1. The van der Waals surface area contributed by atoms with Gasteiger partial charge in [0.2, 0.25) is 10.0 Å². The summed E-state index contributed by atoms with van der Waals surface area (Å²) in [4.78, 5) is 17.0. The Morgan fingerprint density at radius 1 is 1.07 bits per heavy atom. The Morgan fingerprint density at radius 3 is 2.33 bits per heavy atom. The smallest absolute Gasteiger partial charge is 0.254 e. The quantitative estimate of drug-likeness (QED) is 0.699. The third-order valence-corrected chi connectivity index (χ3v) is 7.32. The summed E-state index contributed by atoms with van der Waals surface area (Å²) in [7, 11) is 0.552. The molecule has 1 amide bonds. The number of hydrogen-bond acceptors (Lipinski definition) is 5. The van der Waals surface area contributed by atoms with E-state index in [0.717, 1.165) is 15.6 Å². The zero-order valence-corrected chi connectivity index (χ0v) is 19.1. The molecule has 7 nitrogen and oxygen atoms in total. The molecule has 0 radical (unpaired) electrons. The van der Waals surface area contributed by atoms with Gasteiger partial charge in [0.15, 0.2) is 0 Å². The van der Waals surface area contributed by atoms with Gasteiger partial charge in [-0.25, -0.2) is 12.7 Å². The molecule has 162 valence electrons. The number of hydrogen-bond donors (Lipinski definition) is 0. The van der Waals surface area contributed by atoms with E-state index in [9.17, 15) is 13.2 Å². The van der Waals surface area contributed by atoms with Crippen molar-refractivity contribution in [2.24, 2.45) is 0 Å². The van der Waals surface area contributed by atoms with Gasteiger partial charge < -0.3 is 14.5 Å². The standard InChI is InChI=1S/C21H26ClN3O4S/c1-15-5-7-17(22)14-18(15)24-9-11-25(12-10-24)21(26)16-6-8-19(29-4)20(13-16)30(27,28)23(2)3/h5-8,13-14H,9-12H2,1-4H3. The summed E-state index contributed by atoms with van der Waals surface area (Å²) in [6.45, 7) is 4.45. The predicted octanol–water partition coefficient (Wildman–Crippen LogP) is 2.87. The number of ether oxygens (including phenoxy) is 1. The fraction of sp³-hybridized carbons (Fsp3) is 0.381. The highest BCUT2D eigenvalue weighted by molar-refractivity contribution is 7.89. The van der Waals surface area contributed by atoms with Gasteiger partial charge in [0, 0.05) is 56.5 Å². The SMILES string of the molecule is COc1ccc(C(=O)N2CCN(c3cc(Cl)ccc3C)CC2)cc1S(=O)(=O)N(C)C. The lowest BCUT2D eigenvalue weighted by molar-refractivity contribution is 0.0746. The molecule has 1 aliphatic rings. The van der Waals surface area contributed by atoms with Crippen LogP contribution in [0.5, 0.6) is 5.75 Å². The number of amides is 1. The number of anilines is 1. The van der Waals surface area contributed by atoms with Gasteiger partial charge in [-0.3, -0.25) is 4.79 Å². The van der Waals surface area contributed by atoms with E-state index in [0.29, 0.717) is 36.8 Å². The van der Waals surface area contributed by atoms with Crippen molar-refractivity contribution in [3.05, 3.63) is 52.5 Å². The second-order valence-corrected chi connectivity index (χ2v) is 9.92. The monoisotopic (exact) mass is 451 g/mol. The summed E-state index contributed by atoms with van der Waals surface area (Å²) in [6, 6.07) is 10.3. The summed E-state index contributed by atoms with van der Waals surface area (Å²) in [5.41, 5.74) is 2.52. The van der Waals surface area contributed by atoms with Crippen LogP contribution < -0.4 is 9.64 Å². The summed E-state index contributed by atoms with van der Waals surface area (Å²) >= 11 is 6.14. The molecule has 0 aromatic heterocycles. The highest BCUT2D eigenvalue weighted by Gasteiger charge is 2.27. The summed E-state index contributed by atoms with van der Waals surface area (Å²) in [5, 5.41) is 0.682. The topological polar surface area (TPSA) is 70.2 Å². The van der Waals surface area contributed by atoms with Gasteiger partial charge >= 0.3 is 0 Å². The number of benzene rings is 2. The molecule has 9 heteroatoms. The lowest BCUT2D eigenvalue weighted by Gasteiger charge is -2.37. The molecule has 0 atom stereocenters. The fourth-order valence-corrected chi connectivity index (χ4v) is 4.71. The first-order valence-electron chi connectivity index (χ1n) is 9.56. The number of carbonyl (C=O) groups excluding carboxylic acids is 1. The normalized spacial score (nSPS) is 14.9. The minimum Gasteiger partial charge on any atom is -0.495 e. The maximum Gasteiger partial charge on any atom is 0.254 e. The molecule has 2 aromatic carbocycles. The number of nitrogens with zero attached hydrogens (tertiary/aromatic N) is 3. The molecule has 3 rings (SSSR count). The van der Waals surface area contributed by atoms with Gasteiger partial charge in [0.05, 0.1) is 7.11 Å². The summed E-state index contributed by atoms with van der Waals surface area (Å²) in [5.74, 6) is 0.0110. The van der Waals surface area contributed by atoms with Gasteiger partial charge in [0.25, 0.3) is 5.91 Å². The van der Waals surface area contributed by atoms with Crippen LogP contribution in [-0.4, -0.2) is 70.9 Å².